The summed E-state index contributed by atoms with van der Waals surface area (Å²) in [4.78, 5) is 17.9. The fourth-order valence-corrected chi connectivity index (χ4v) is 5.53. The van der Waals surface area contributed by atoms with Gasteiger partial charge in [-0.05, 0) is 86.6 Å². The highest BCUT2D eigenvalue weighted by molar-refractivity contribution is 7.99. The summed E-state index contributed by atoms with van der Waals surface area (Å²) in [5.41, 5.74) is 0.624. The zero-order valence-electron chi connectivity index (χ0n) is 18.1. The normalized spacial score (nSPS) is 23.2. The number of ether oxygens (including phenoxy) is 1. The van der Waals surface area contributed by atoms with E-state index in [0.29, 0.717) is 60.5 Å². The maximum atomic E-state index is 12.6. The van der Waals surface area contributed by atoms with Gasteiger partial charge in [0.15, 0.2) is 12.4 Å². The molecule has 2 unspecified atom stereocenters. The molecule has 0 aromatic heterocycles. The number of carbonyl (C=O) groups excluding carboxylic acids is 1. The number of Topliss-reactive ketones (excluding diaryl/α,β-unsaturated/α-hetero) is 1. The average molecular weight is 466 g/mol. The van der Waals surface area contributed by atoms with Gasteiger partial charge in [0.2, 0.25) is 0 Å². The van der Waals surface area contributed by atoms with Crippen molar-refractivity contribution in [3.05, 3.63) is 40.6 Å². The predicted octanol–water partition coefficient (Wildman–Crippen LogP) is 6.21. The minimum Gasteiger partial charge on any atom is -0.512 e. The van der Waals surface area contributed by atoms with E-state index < -0.39 is 0 Å². The topological polar surface area (TPSA) is 68.1 Å². The smallest absolute Gasteiger partial charge is 0.162 e. The van der Waals surface area contributed by atoms with Gasteiger partial charge in [0, 0.05) is 29.7 Å². The number of allylic oxidation sites excluding steroid dienone is 2. The zero-order chi connectivity index (χ0) is 22.1. The van der Waals surface area contributed by atoms with Crippen LogP contribution in [0.15, 0.2) is 40.8 Å². The Morgan fingerprint density at radius 1 is 1.29 bits per heavy atom. The molecule has 1 fully saturated rings. The molecule has 0 amide bonds. The molecule has 0 radical (unpaired) electrons. The highest BCUT2D eigenvalue weighted by atomic mass is 35.5. The molecule has 1 aromatic rings. The van der Waals surface area contributed by atoms with E-state index in [1.54, 1.807) is 18.3 Å². The average Bonchev–Trinajstić information content (AvgIpc) is 2.76. The summed E-state index contributed by atoms with van der Waals surface area (Å²) in [7, 11) is 0. The molecule has 2 aliphatic rings. The van der Waals surface area contributed by atoms with Crippen LogP contribution in [0.2, 0.25) is 5.02 Å². The first-order chi connectivity index (χ1) is 15.0. The lowest BCUT2D eigenvalue weighted by atomic mass is 9.77. The monoisotopic (exact) mass is 465 g/mol. The summed E-state index contributed by atoms with van der Waals surface area (Å²) in [6.45, 7) is 2.25. The van der Waals surface area contributed by atoms with E-state index in [2.05, 4.69) is 5.16 Å². The Kier molecular flexibility index (Phi) is 9.59. The van der Waals surface area contributed by atoms with Gasteiger partial charge in [-0.1, -0.05) is 16.8 Å². The van der Waals surface area contributed by atoms with Crippen LogP contribution in [0.4, 0.5) is 0 Å². The van der Waals surface area contributed by atoms with Crippen molar-refractivity contribution in [1.82, 2.24) is 0 Å². The maximum absolute atomic E-state index is 12.6. The summed E-state index contributed by atoms with van der Waals surface area (Å²) in [6.07, 6.45) is 7.29. The van der Waals surface area contributed by atoms with Gasteiger partial charge in [0.1, 0.15) is 11.9 Å². The number of rotatable bonds is 10. The minimum atomic E-state index is -0.143. The molecule has 0 saturated carbocycles. The van der Waals surface area contributed by atoms with E-state index in [0.717, 1.165) is 17.9 Å². The first kappa shape index (κ1) is 24.0. The Labute approximate surface area is 194 Å². The van der Waals surface area contributed by atoms with Gasteiger partial charge in [0.05, 0.1) is 5.76 Å². The number of benzene rings is 1. The third-order valence-electron chi connectivity index (χ3n) is 5.82. The highest BCUT2D eigenvalue weighted by Gasteiger charge is 2.32. The number of oxime groups is 1. The van der Waals surface area contributed by atoms with Crippen LogP contribution >= 0.6 is 23.4 Å². The van der Waals surface area contributed by atoms with E-state index in [1.165, 1.54) is 18.6 Å². The van der Waals surface area contributed by atoms with Gasteiger partial charge in [-0.3, -0.25) is 4.79 Å². The second-order valence-corrected chi connectivity index (χ2v) is 9.94. The fraction of sp³-hybridized carbons (Fsp3) is 0.583. The lowest BCUT2D eigenvalue weighted by Gasteiger charge is -2.32. The summed E-state index contributed by atoms with van der Waals surface area (Å²) in [5, 5.41) is 15.1. The molecule has 1 aliphatic heterocycles. The van der Waals surface area contributed by atoms with Crippen molar-refractivity contribution in [3.63, 3.8) is 0 Å². The second-order valence-electron chi connectivity index (χ2n) is 8.35. The van der Waals surface area contributed by atoms with Crippen molar-refractivity contribution in [2.45, 2.75) is 58.0 Å². The largest absolute Gasteiger partial charge is 0.512 e. The highest BCUT2D eigenvalue weighted by Crippen LogP contribution is 2.38. The van der Waals surface area contributed by atoms with Crippen LogP contribution in [0.5, 0.6) is 5.75 Å². The molecule has 5 nitrogen and oxygen atoms in total. The number of hydrogen-bond acceptors (Lipinski definition) is 6. The minimum absolute atomic E-state index is 0.130. The van der Waals surface area contributed by atoms with Crippen LogP contribution in [0.25, 0.3) is 0 Å². The lowest BCUT2D eigenvalue weighted by molar-refractivity contribution is -0.118. The number of hydrogen-bond donors (Lipinski definition) is 1. The van der Waals surface area contributed by atoms with Crippen LogP contribution in [0, 0.1) is 11.8 Å². The number of aliphatic hydroxyl groups is 1. The number of halogens is 1. The molecule has 1 heterocycles. The van der Waals surface area contributed by atoms with E-state index in [-0.39, 0.29) is 11.9 Å². The summed E-state index contributed by atoms with van der Waals surface area (Å²) < 4.78 is 5.72. The Morgan fingerprint density at radius 2 is 2.10 bits per heavy atom. The molecular formula is C24H32ClNO4S. The SMILES string of the molecule is C[C@@H](CO/N=C\CCCC1=C(O)CC(C2CCCSC2)CC1=O)Oc1ccc(Cl)cc1. The molecule has 0 spiro atoms. The van der Waals surface area contributed by atoms with Gasteiger partial charge in [0.25, 0.3) is 0 Å². The van der Waals surface area contributed by atoms with Crippen molar-refractivity contribution >= 4 is 35.4 Å². The first-order valence-electron chi connectivity index (χ1n) is 11.1. The molecule has 3 rings (SSSR count). The molecule has 1 N–H and O–H groups in total. The van der Waals surface area contributed by atoms with Crippen molar-refractivity contribution < 1.29 is 19.5 Å². The number of unbranched alkanes of at least 4 members (excludes halogenated alkanes) is 1. The predicted molar refractivity (Wildman–Crippen MR) is 127 cm³/mol. The van der Waals surface area contributed by atoms with Crippen LogP contribution < -0.4 is 4.74 Å². The molecule has 1 aliphatic carbocycles. The molecular weight excluding hydrogens is 434 g/mol. The van der Waals surface area contributed by atoms with E-state index in [1.807, 2.05) is 30.8 Å². The van der Waals surface area contributed by atoms with E-state index >= 15 is 0 Å². The molecule has 0 bridgehead atoms. The quantitative estimate of drug-likeness (QED) is 0.252. The summed E-state index contributed by atoms with van der Waals surface area (Å²) in [5.74, 6) is 4.42. The number of aliphatic hydroxyl groups excluding tert-OH is 1. The zero-order valence-corrected chi connectivity index (χ0v) is 19.7. The van der Waals surface area contributed by atoms with Gasteiger partial charge in [-0.15, -0.1) is 0 Å². The Balaban J connectivity index is 1.32. The molecule has 3 atom stereocenters. The van der Waals surface area contributed by atoms with Crippen molar-refractivity contribution in [1.29, 1.82) is 0 Å². The molecule has 170 valence electrons. The Hall–Kier alpha value is -1.66. The van der Waals surface area contributed by atoms with Gasteiger partial charge < -0.3 is 14.7 Å². The molecule has 31 heavy (non-hydrogen) atoms. The summed E-state index contributed by atoms with van der Waals surface area (Å²) in [6, 6.07) is 7.19. The van der Waals surface area contributed by atoms with E-state index in [9.17, 15) is 9.90 Å². The Bertz CT molecular complexity index is 774. The lowest BCUT2D eigenvalue weighted by Crippen LogP contribution is -2.28. The number of carbonyl (C=O) groups is 1. The van der Waals surface area contributed by atoms with E-state index in [4.69, 9.17) is 21.2 Å². The van der Waals surface area contributed by atoms with Gasteiger partial charge in [-0.2, -0.15) is 11.8 Å². The standard InChI is InChI=1S/C24H32ClNO4S/c1-17(30-21-9-7-20(25)8-10-21)15-29-26-11-3-2-6-22-23(27)13-19(14-24(22)28)18-5-4-12-31-16-18/h7-11,17-19,27H,2-6,12-16H2,1H3/b26-11-/t17-,18?,19?/m0/s1. The number of ketones is 1. The van der Waals surface area contributed by atoms with Crippen molar-refractivity contribution in [3.8, 4) is 5.75 Å². The van der Waals surface area contributed by atoms with Gasteiger partial charge >= 0.3 is 0 Å². The molecule has 7 heteroatoms. The number of nitrogens with zero attached hydrogens (tertiary/aromatic N) is 1. The summed E-state index contributed by atoms with van der Waals surface area (Å²) >= 11 is 7.84. The third kappa shape index (κ3) is 7.76. The van der Waals surface area contributed by atoms with Crippen LogP contribution in [-0.2, 0) is 9.63 Å². The van der Waals surface area contributed by atoms with Gasteiger partial charge in [-0.25, -0.2) is 0 Å². The van der Waals surface area contributed by atoms with Crippen LogP contribution in [-0.4, -0.2) is 41.3 Å². The molecule has 1 aromatic carbocycles. The Morgan fingerprint density at radius 3 is 2.81 bits per heavy atom. The maximum Gasteiger partial charge on any atom is 0.162 e. The molecule has 1 saturated heterocycles. The third-order valence-corrected chi connectivity index (χ3v) is 7.31. The van der Waals surface area contributed by atoms with Crippen LogP contribution in [0.1, 0.15) is 51.9 Å². The van der Waals surface area contributed by atoms with Crippen molar-refractivity contribution in [2.75, 3.05) is 18.1 Å². The second kappa shape index (κ2) is 12.4. The van der Waals surface area contributed by atoms with Crippen molar-refractivity contribution in [2.24, 2.45) is 17.0 Å². The first-order valence-corrected chi connectivity index (χ1v) is 12.6. The van der Waals surface area contributed by atoms with Crippen LogP contribution in [0.3, 0.4) is 0 Å². The fourth-order valence-electron chi connectivity index (χ4n) is 4.12. The number of thioether (sulfide) groups is 1.